The van der Waals surface area contributed by atoms with Crippen LogP contribution in [0.15, 0.2) is 0 Å². The van der Waals surface area contributed by atoms with Gasteiger partial charge in [-0.25, -0.2) is 0 Å². The second kappa shape index (κ2) is 5.75. The number of thioether (sulfide) groups is 1. The van der Waals surface area contributed by atoms with Crippen LogP contribution in [-0.2, 0) is 4.79 Å². The van der Waals surface area contributed by atoms with Gasteiger partial charge in [-0.2, -0.15) is 11.8 Å². The van der Waals surface area contributed by atoms with Crippen molar-refractivity contribution in [2.24, 2.45) is 0 Å². The first-order valence-corrected chi connectivity index (χ1v) is 7.01. The van der Waals surface area contributed by atoms with Gasteiger partial charge >= 0.3 is 0 Å². The minimum absolute atomic E-state index is 0.204. The third kappa shape index (κ3) is 4.43. The molecule has 86 valence electrons. The monoisotopic (exact) mass is 228 g/mol. The second-order valence-electron chi connectivity index (χ2n) is 4.42. The summed E-state index contributed by atoms with van der Waals surface area (Å²) < 4.78 is 0. The van der Waals surface area contributed by atoms with Crippen LogP contribution >= 0.6 is 11.8 Å². The van der Waals surface area contributed by atoms with Gasteiger partial charge in [0.15, 0.2) is 0 Å². The molecule has 2 fully saturated rings. The van der Waals surface area contributed by atoms with Crippen LogP contribution in [0.2, 0.25) is 0 Å². The summed E-state index contributed by atoms with van der Waals surface area (Å²) in [4.78, 5) is 11.4. The van der Waals surface area contributed by atoms with Crippen LogP contribution in [0.4, 0.5) is 0 Å². The summed E-state index contributed by atoms with van der Waals surface area (Å²) in [7, 11) is 0. The molecule has 1 aliphatic heterocycles. The maximum atomic E-state index is 11.4. The van der Waals surface area contributed by atoms with Crippen molar-refractivity contribution in [2.75, 3.05) is 18.8 Å². The average Bonchev–Trinajstić information content (AvgIpc) is 2.91. The largest absolute Gasteiger partial charge is 0.355 e. The molecular formula is C11H20N2OS. The molecule has 0 radical (unpaired) electrons. The van der Waals surface area contributed by atoms with E-state index in [1.165, 1.54) is 31.4 Å². The van der Waals surface area contributed by atoms with Gasteiger partial charge in [-0.3, -0.25) is 4.79 Å². The fourth-order valence-corrected chi connectivity index (χ4v) is 3.00. The van der Waals surface area contributed by atoms with Gasteiger partial charge in [0, 0.05) is 30.8 Å². The predicted molar refractivity (Wildman–Crippen MR) is 64.1 cm³/mol. The molecule has 1 saturated carbocycles. The Balaban J connectivity index is 1.47. The number of carbonyl (C=O) groups is 1. The molecule has 1 saturated heterocycles. The van der Waals surface area contributed by atoms with E-state index in [0.717, 1.165) is 13.1 Å². The lowest BCUT2D eigenvalue weighted by atomic mass is 10.2. The summed E-state index contributed by atoms with van der Waals surface area (Å²) in [5.41, 5.74) is 0. The van der Waals surface area contributed by atoms with Crippen LogP contribution in [0.1, 0.15) is 32.1 Å². The molecule has 0 aromatic rings. The summed E-state index contributed by atoms with van der Waals surface area (Å²) in [6.45, 7) is 1.71. The van der Waals surface area contributed by atoms with Gasteiger partial charge in [-0.05, 0) is 31.4 Å². The number of amides is 1. The van der Waals surface area contributed by atoms with Gasteiger partial charge in [0.05, 0.1) is 0 Å². The third-order valence-electron chi connectivity index (χ3n) is 2.91. The Morgan fingerprint density at radius 2 is 2.20 bits per heavy atom. The molecule has 4 heteroatoms. The lowest BCUT2D eigenvalue weighted by Gasteiger charge is -2.10. The van der Waals surface area contributed by atoms with Gasteiger partial charge in [0.1, 0.15) is 0 Å². The van der Waals surface area contributed by atoms with E-state index < -0.39 is 0 Å². The SMILES string of the molecule is O=C(CCNC1CC1)NCC1CCCS1. The van der Waals surface area contributed by atoms with Crippen molar-refractivity contribution in [1.82, 2.24) is 10.6 Å². The highest BCUT2D eigenvalue weighted by Crippen LogP contribution is 2.25. The Bertz CT molecular complexity index is 213. The van der Waals surface area contributed by atoms with E-state index in [1.54, 1.807) is 0 Å². The quantitative estimate of drug-likeness (QED) is 0.716. The number of hydrogen-bond acceptors (Lipinski definition) is 3. The van der Waals surface area contributed by atoms with Crippen molar-refractivity contribution in [1.29, 1.82) is 0 Å². The van der Waals surface area contributed by atoms with E-state index in [-0.39, 0.29) is 5.91 Å². The molecule has 1 unspecified atom stereocenters. The van der Waals surface area contributed by atoms with Crippen molar-refractivity contribution in [3.8, 4) is 0 Å². The summed E-state index contributed by atoms with van der Waals surface area (Å²) in [6.07, 6.45) is 5.80. The average molecular weight is 228 g/mol. The van der Waals surface area contributed by atoms with Crippen molar-refractivity contribution in [3.63, 3.8) is 0 Å². The molecule has 0 aromatic heterocycles. The summed E-state index contributed by atoms with van der Waals surface area (Å²) in [5.74, 6) is 1.47. The standard InChI is InChI=1S/C11H20N2OS/c14-11(5-6-12-9-3-4-9)13-8-10-2-1-7-15-10/h9-10,12H,1-8H2,(H,13,14). The smallest absolute Gasteiger partial charge is 0.221 e. The number of nitrogens with one attached hydrogen (secondary N) is 2. The molecule has 3 nitrogen and oxygen atoms in total. The van der Waals surface area contributed by atoms with Gasteiger partial charge in [0.2, 0.25) is 5.91 Å². The highest BCUT2D eigenvalue weighted by Gasteiger charge is 2.20. The summed E-state index contributed by atoms with van der Waals surface area (Å²) in [6, 6.07) is 0.711. The van der Waals surface area contributed by atoms with Crippen LogP contribution in [0.3, 0.4) is 0 Å². The molecule has 1 aliphatic carbocycles. The van der Waals surface area contributed by atoms with Gasteiger partial charge in [0.25, 0.3) is 0 Å². The topological polar surface area (TPSA) is 41.1 Å². The van der Waals surface area contributed by atoms with E-state index in [2.05, 4.69) is 10.6 Å². The molecule has 2 aliphatic rings. The molecule has 15 heavy (non-hydrogen) atoms. The molecular weight excluding hydrogens is 208 g/mol. The molecule has 1 amide bonds. The Labute approximate surface area is 95.8 Å². The lowest BCUT2D eigenvalue weighted by molar-refractivity contribution is -0.120. The van der Waals surface area contributed by atoms with E-state index in [9.17, 15) is 4.79 Å². The van der Waals surface area contributed by atoms with Crippen molar-refractivity contribution in [2.45, 2.75) is 43.4 Å². The van der Waals surface area contributed by atoms with Crippen LogP contribution in [0, 0.1) is 0 Å². The van der Waals surface area contributed by atoms with Gasteiger partial charge in [-0.15, -0.1) is 0 Å². The number of rotatable bonds is 6. The Morgan fingerprint density at radius 3 is 2.87 bits per heavy atom. The van der Waals surface area contributed by atoms with Crippen LogP contribution in [-0.4, -0.2) is 36.0 Å². The number of hydrogen-bond donors (Lipinski definition) is 2. The minimum Gasteiger partial charge on any atom is -0.355 e. The van der Waals surface area contributed by atoms with Crippen LogP contribution in [0.5, 0.6) is 0 Å². The van der Waals surface area contributed by atoms with Crippen molar-refractivity contribution < 1.29 is 4.79 Å². The first-order chi connectivity index (χ1) is 7.34. The molecule has 1 heterocycles. The van der Waals surface area contributed by atoms with E-state index in [4.69, 9.17) is 0 Å². The highest BCUT2D eigenvalue weighted by atomic mass is 32.2. The fourth-order valence-electron chi connectivity index (χ4n) is 1.80. The van der Waals surface area contributed by atoms with Gasteiger partial charge < -0.3 is 10.6 Å². The maximum Gasteiger partial charge on any atom is 0.221 e. The zero-order valence-electron chi connectivity index (χ0n) is 9.13. The second-order valence-corrected chi connectivity index (χ2v) is 5.83. The lowest BCUT2D eigenvalue weighted by Crippen LogP contribution is -2.32. The van der Waals surface area contributed by atoms with Crippen molar-refractivity contribution in [3.05, 3.63) is 0 Å². The normalized spacial score (nSPS) is 25.5. The summed E-state index contributed by atoms with van der Waals surface area (Å²) >= 11 is 1.99. The highest BCUT2D eigenvalue weighted by molar-refractivity contribution is 8.00. The van der Waals surface area contributed by atoms with E-state index >= 15 is 0 Å². The van der Waals surface area contributed by atoms with Crippen LogP contribution < -0.4 is 10.6 Å². The Kier molecular flexibility index (Phi) is 4.32. The molecule has 0 bridgehead atoms. The molecule has 0 aromatic carbocycles. The predicted octanol–water partition coefficient (Wildman–Crippen LogP) is 1.14. The third-order valence-corrected chi connectivity index (χ3v) is 4.31. The van der Waals surface area contributed by atoms with E-state index in [1.807, 2.05) is 11.8 Å². The first kappa shape index (κ1) is 11.3. The maximum absolute atomic E-state index is 11.4. The van der Waals surface area contributed by atoms with Crippen LogP contribution in [0.25, 0.3) is 0 Å². The Morgan fingerprint density at radius 1 is 1.33 bits per heavy atom. The molecule has 2 N–H and O–H groups in total. The number of carbonyl (C=O) groups excluding carboxylic acids is 1. The summed E-state index contributed by atoms with van der Waals surface area (Å²) in [5, 5.41) is 7.04. The van der Waals surface area contributed by atoms with Crippen molar-refractivity contribution >= 4 is 17.7 Å². The van der Waals surface area contributed by atoms with E-state index in [0.29, 0.717) is 17.7 Å². The minimum atomic E-state index is 0.204. The zero-order chi connectivity index (χ0) is 10.5. The van der Waals surface area contributed by atoms with Gasteiger partial charge in [-0.1, -0.05) is 0 Å². The Hall–Kier alpha value is -0.220. The molecule has 0 spiro atoms. The molecule has 2 rings (SSSR count). The first-order valence-electron chi connectivity index (χ1n) is 5.96. The zero-order valence-corrected chi connectivity index (χ0v) is 9.94. The molecule has 1 atom stereocenters. The fraction of sp³-hybridized carbons (Fsp3) is 0.909.